The Balaban J connectivity index is 1.21. The maximum Gasteiger partial charge on any atom is 0.127 e. The third-order valence-electron chi connectivity index (χ3n) is 9.61. The van der Waals surface area contributed by atoms with Gasteiger partial charge in [0.05, 0.1) is 6.17 Å². The van der Waals surface area contributed by atoms with Crippen LogP contribution in [0.3, 0.4) is 0 Å². The molecule has 9 aromatic rings. The van der Waals surface area contributed by atoms with E-state index in [1.54, 1.807) is 0 Å². The van der Waals surface area contributed by atoms with Crippen molar-refractivity contribution >= 4 is 70.0 Å². The van der Waals surface area contributed by atoms with E-state index in [-0.39, 0.29) is 0 Å². The molecule has 2 atom stereocenters. The molecule has 0 radical (unpaired) electrons. The van der Waals surface area contributed by atoms with Crippen LogP contribution in [-0.4, -0.2) is 6.21 Å². The number of benzene rings is 8. The molecule has 0 amide bonds. The number of hydrogen-bond donors (Lipinski definition) is 2. The summed E-state index contributed by atoms with van der Waals surface area (Å²) in [5, 5.41) is 13.5. The summed E-state index contributed by atoms with van der Waals surface area (Å²) in [5.41, 5.74) is 12.3. The molecule has 0 fully saturated rings. The fourth-order valence-electron chi connectivity index (χ4n) is 7.17. The minimum Gasteiger partial charge on any atom is -0.312 e. The fraction of sp³-hybridized carbons (Fsp3) is 0.0444. The van der Waals surface area contributed by atoms with Crippen LogP contribution < -0.4 is 11.1 Å². The van der Waals surface area contributed by atoms with Crippen LogP contribution in [0.15, 0.2) is 169 Å². The topological polar surface area (TPSA) is 50.4 Å². The molecule has 1 heterocycles. The van der Waals surface area contributed by atoms with Gasteiger partial charge in [0.2, 0.25) is 0 Å². The molecule has 49 heavy (non-hydrogen) atoms. The van der Waals surface area contributed by atoms with Gasteiger partial charge in [0.1, 0.15) is 6.17 Å². The van der Waals surface area contributed by atoms with E-state index in [9.17, 15) is 0 Å². The van der Waals surface area contributed by atoms with Crippen LogP contribution >= 0.6 is 11.3 Å². The van der Waals surface area contributed by atoms with Gasteiger partial charge in [-0.25, -0.2) is 0 Å². The van der Waals surface area contributed by atoms with Gasteiger partial charge in [0, 0.05) is 32.0 Å². The van der Waals surface area contributed by atoms with Gasteiger partial charge in [-0.05, 0) is 72.8 Å². The molecule has 9 rings (SSSR count). The van der Waals surface area contributed by atoms with Crippen molar-refractivity contribution in [3.05, 3.63) is 180 Å². The minimum atomic E-state index is -0.422. The summed E-state index contributed by atoms with van der Waals surface area (Å²) in [6, 6.07) is 58.1. The normalized spacial score (nSPS) is 13.2. The molecule has 0 spiro atoms. The Bertz CT molecular complexity index is 2670. The van der Waals surface area contributed by atoms with Crippen molar-refractivity contribution in [1.82, 2.24) is 5.32 Å². The zero-order chi connectivity index (χ0) is 32.7. The van der Waals surface area contributed by atoms with Crippen molar-refractivity contribution < 1.29 is 0 Å². The predicted molar refractivity (Wildman–Crippen MR) is 211 cm³/mol. The average molecular weight is 648 g/mol. The lowest BCUT2D eigenvalue weighted by Gasteiger charge is -2.23. The number of aliphatic imine (C=N–C) groups is 1. The zero-order valence-corrected chi connectivity index (χ0v) is 27.6. The third-order valence-corrected chi connectivity index (χ3v) is 10.7. The van der Waals surface area contributed by atoms with E-state index in [2.05, 4.69) is 157 Å². The van der Waals surface area contributed by atoms with Gasteiger partial charge < -0.3 is 5.73 Å². The molecular formula is C45H33N3S. The summed E-state index contributed by atoms with van der Waals surface area (Å²) >= 11 is 1.84. The van der Waals surface area contributed by atoms with Crippen molar-refractivity contribution in [2.45, 2.75) is 12.3 Å². The fourth-order valence-corrected chi connectivity index (χ4v) is 8.32. The smallest absolute Gasteiger partial charge is 0.127 e. The highest BCUT2D eigenvalue weighted by Gasteiger charge is 2.20. The van der Waals surface area contributed by atoms with Crippen LogP contribution in [-0.2, 0) is 0 Å². The Morgan fingerprint density at radius 1 is 0.531 bits per heavy atom. The van der Waals surface area contributed by atoms with E-state index < -0.39 is 12.3 Å². The monoisotopic (exact) mass is 647 g/mol. The Labute approximate surface area is 289 Å². The summed E-state index contributed by atoms with van der Waals surface area (Å²) in [6.45, 7) is 0. The Morgan fingerprint density at radius 3 is 2.08 bits per heavy atom. The molecule has 8 aromatic carbocycles. The number of nitrogens with two attached hydrogens (primary N) is 1. The molecule has 0 saturated heterocycles. The lowest BCUT2D eigenvalue weighted by Crippen LogP contribution is -2.32. The Kier molecular flexibility index (Phi) is 7.47. The second kappa shape index (κ2) is 12.4. The molecule has 3 N–H and O–H groups in total. The molecule has 0 aliphatic carbocycles. The molecule has 0 saturated carbocycles. The molecule has 4 heteroatoms. The zero-order valence-electron chi connectivity index (χ0n) is 26.8. The molecule has 0 aliphatic heterocycles. The lowest BCUT2D eigenvalue weighted by atomic mass is 9.93. The number of fused-ring (bicyclic) bond motifs is 7. The number of rotatable bonds is 7. The van der Waals surface area contributed by atoms with Gasteiger partial charge in [0.25, 0.3) is 0 Å². The van der Waals surface area contributed by atoms with Crippen molar-refractivity contribution in [1.29, 1.82) is 0 Å². The van der Waals surface area contributed by atoms with E-state index in [0.717, 1.165) is 27.8 Å². The maximum atomic E-state index is 6.87. The first-order chi connectivity index (χ1) is 24.2. The lowest BCUT2D eigenvalue weighted by molar-refractivity contribution is 0.468. The molecule has 234 valence electrons. The summed E-state index contributed by atoms with van der Waals surface area (Å²) in [5.74, 6) is 0. The second-order valence-corrected chi connectivity index (χ2v) is 13.6. The Morgan fingerprint density at radius 2 is 1.20 bits per heavy atom. The van der Waals surface area contributed by atoms with Gasteiger partial charge in [0.15, 0.2) is 0 Å². The van der Waals surface area contributed by atoms with E-state index in [4.69, 9.17) is 10.7 Å². The standard InChI is InChI=1S/C45H33N3S/c46-44(30-13-2-1-3-14-30)48-45(39-20-9-8-17-34(39)32-23-25-38-37-19-10-11-21-42(37)49-43(38)27-32)47-28-41-35-18-7-5-15-31(35)26-40-33-16-6-4-12-29(33)22-24-36(40)41/h1-28,44-45,48H,46H2. The molecule has 0 aliphatic rings. The van der Waals surface area contributed by atoms with Gasteiger partial charge in [-0.2, -0.15) is 0 Å². The highest BCUT2D eigenvalue weighted by Crippen LogP contribution is 2.39. The van der Waals surface area contributed by atoms with Crippen LogP contribution in [0, 0.1) is 0 Å². The van der Waals surface area contributed by atoms with Crippen molar-refractivity contribution in [2.75, 3.05) is 0 Å². The summed E-state index contributed by atoms with van der Waals surface area (Å²) in [6.07, 6.45) is 1.22. The average Bonchev–Trinajstić information content (AvgIpc) is 3.54. The molecule has 2 unspecified atom stereocenters. The van der Waals surface area contributed by atoms with E-state index in [1.165, 1.54) is 52.5 Å². The van der Waals surface area contributed by atoms with E-state index >= 15 is 0 Å². The van der Waals surface area contributed by atoms with Crippen LogP contribution in [0.2, 0.25) is 0 Å². The van der Waals surface area contributed by atoms with Gasteiger partial charge in [-0.1, -0.05) is 146 Å². The first kappa shape index (κ1) is 29.5. The quantitative estimate of drug-likeness (QED) is 0.0783. The predicted octanol–water partition coefficient (Wildman–Crippen LogP) is 11.5. The number of thiophene rings is 1. The number of nitrogens with one attached hydrogen (secondary N) is 1. The molecule has 3 nitrogen and oxygen atoms in total. The van der Waals surface area contributed by atoms with Crippen LogP contribution in [0.4, 0.5) is 0 Å². The van der Waals surface area contributed by atoms with Crippen LogP contribution in [0.25, 0.3) is 63.6 Å². The van der Waals surface area contributed by atoms with Gasteiger partial charge >= 0.3 is 0 Å². The molecule has 0 bridgehead atoms. The van der Waals surface area contributed by atoms with Gasteiger partial charge in [-0.3, -0.25) is 10.3 Å². The van der Waals surface area contributed by atoms with Gasteiger partial charge in [-0.15, -0.1) is 11.3 Å². The van der Waals surface area contributed by atoms with E-state index in [0.29, 0.717) is 0 Å². The highest BCUT2D eigenvalue weighted by atomic mass is 32.1. The summed E-state index contributed by atoms with van der Waals surface area (Å²) in [7, 11) is 0. The van der Waals surface area contributed by atoms with Crippen LogP contribution in [0.1, 0.15) is 29.0 Å². The maximum absolute atomic E-state index is 6.87. The largest absolute Gasteiger partial charge is 0.312 e. The van der Waals surface area contributed by atoms with Crippen LogP contribution in [0.5, 0.6) is 0 Å². The summed E-state index contributed by atoms with van der Waals surface area (Å²) < 4.78 is 2.58. The Hall–Kier alpha value is -5.65. The second-order valence-electron chi connectivity index (χ2n) is 12.5. The first-order valence-corrected chi connectivity index (χ1v) is 17.5. The first-order valence-electron chi connectivity index (χ1n) is 16.6. The van der Waals surface area contributed by atoms with E-state index in [1.807, 2.05) is 29.5 Å². The summed E-state index contributed by atoms with van der Waals surface area (Å²) in [4.78, 5) is 5.38. The highest BCUT2D eigenvalue weighted by molar-refractivity contribution is 7.25. The van der Waals surface area contributed by atoms with Crippen molar-refractivity contribution in [3.63, 3.8) is 0 Å². The van der Waals surface area contributed by atoms with Crippen molar-refractivity contribution in [2.24, 2.45) is 10.7 Å². The third kappa shape index (κ3) is 5.37. The molecular weight excluding hydrogens is 615 g/mol. The SMILES string of the molecule is NC(NC(N=Cc1c2ccccc2cc2c1ccc1ccccc12)c1ccccc1-c1ccc2c(c1)sc1ccccc12)c1ccccc1. The van der Waals surface area contributed by atoms with Crippen molar-refractivity contribution in [3.8, 4) is 11.1 Å². The molecule has 1 aromatic heterocycles. The number of hydrogen-bond acceptors (Lipinski definition) is 4. The minimum absolute atomic E-state index is 0.418. The number of nitrogens with zero attached hydrogens (tertiary/aromatic N) is 1.